The lowest BCUT2D eigenvalue weighted by atomic mass is 9.98. The Morgan fingerprint density at radius 2 is 1.74 bits per heavy atom. The Bertz CT molecular complexity index is 1240. The number of likely N-dealkylation sites (N-methyl/N-ethyl adjacent to an activating group) is 1. The van der Waals surface area contributed by atoms with Crippen LogP contribution in [0, 0.1) is 10.1 Å². The van der Waals surface area contributed by atoms with E-state index in [2.05, 4.69) is 4.84 Å². The van der Waals surface area contributed by atoms with Crippen LogP contribution < -0.4 is 9.47 Å². The number of esters is 3. The van der Waals surface area contributed by atoms with Crippen molar-refractivity contribution in [1.29, 1.82) is 0 Å². The Morgan fingerprint density at radius 1 is 1.00 bits per heavy atom. The molecule has 0 aliphatic rings. The van der Waals surface area contributed by atoms with Crippen LogP contribution in [0.15, 0.2) is 48.5 Å². The zero-order valence-corrected chi connectivity index (χ0v) is 25.1. The van der Waals surface area contributed by atoms with Gasteiger partial charge < -0.3 is 23.8 Å². The van der Waals surface area contributed by atoms with Crippen molar-refractivity contribution in [3.8, 4) is 11.5 Å². The van der Waals surface area contributed by atoms with Crippen molar-refractivity contribution < 1.29 is 43.3 Å². The molecule has 0 spiro atoms. The number of benzene rings is 2. The Hall–Kier alpha value is -4.45. The number of unbranched alkanes of at least 4 members (excludes halogenated alkanes) is 1. The molecule has 0 aliphatic heterocycles. The maximum Gasteiger partial charge on any atom is 0.344 e. The molecule has 0 saturated carbocycles. The Kier molecular flexibility index (Phi) is 15.3. The summed E-state index contributed by atoms with van der Waals surface area (Å²) in [7, 11) is 1.42. The minimum absolute atomic E-state index is 0.0366. The van der Waals surface area contributed by atoms with Crippen LogP contribution in [0.2, 0.25) is 0 Å². The highest BCUT2D eigenvalue weighted by molar-refractivity contribution is 5.93. The molecule has 0 unspecified atom stereocenters. The number of rotatable bonds is 19. The number of hydrogen-bond acceptors (Lipinski definition) is 11. The number of ether oxygens (including phenoxy) is 4. The van der Waals surface area contributed by atoms with E-state index in [-0.39, 0.29) is 49.2 Å². The molecule has 0 bridgehead atoms. The van der Waals surface area contributed by atoms with Crippen molar-refractivity contribution >= 4 is 24.0 Å². The lowest BCUT2D eigenvalue weighted by Crippen LogP contribution is -2.31. The molecule has 0 saturated heterocycles. The third-order valence-corrected chi connectivity index (χ3v) is 6.40. The molecule has 0 aliphatic carbocycles. The Labute approximate surface area is 251 Å². The third kappa shape index (κ3) is 12.1. The van der Waals surface area contributed by atoms with Gasteiger partial charge in [0.25, 0.3) is 5.09 Å². The van der Waals surface area contributed by atoms with Gasteiger partial charge in [0.1, 0.15) is 6.10 Å². The van der Waals surface area contributed by atoms with Gasteiger partial charge in [-0.05, 0) is 55.8 Å². The molecule has 0 fully saturated rings. The fourth-order valence-electron chi connectivity index (χ4n) is 4.07. The van der Waals surface area contributed by atoms with Gasteiger partial charge in [-0.25, -0.2) is 9.59 Å². The molecule has 0 heterocycles. The molecule has 12 nitrogen and oxygen atoms in total. The second kappa shape index (κ2) is 18.9. The standard InChI is InChI=1S/C31H40N2O10/c1-5-8-14-26(42-30(35)22-32(6-2)7-3)24-12-9-10-13-25(24)31(36)43-27-17-15-23(21-28(27)39-4)16-18-29(34)40-19-11-20-41-33(37)38/h9-10,12-13,15-18,21,26H,5-8,11,14,19-20,22H2,1-4H3/b18-16+/t26-/m1/s1. The quantitative estimate of drug-likeness (QED) is 0.0525. The first-order chi connectivity index (χ1) is 20.7. The van der Waals surface area contributed by atoms with Gasteiger partial charge in [0.15, 0.2) is 11.5 Å². The van der Waals surface area contributed by atoms with Crippen LogP contribution >= 0.6 is 0 Å². The topological polar surface area (TPSA) is 144 Å². The summed E-state index contributed by atoms with van der Waals surface area (Å²) in [6.07, 6.45) is 4.51. The molecule has 43 heavy (non-hydrogen) atoms. The normalized spacial score (nSPS) is 11.7. The van der Waals surface area contributed by atoms with Gasteiger partial charge in [0, 0.05) is 18.1 Å². The summed E-state index contributed by atoms with van der Waals surface area (Å²) in [6.45, 7) is 7.39. The van der Waals surface area contributed by atoms with E-state index in [1.807, 2.05) is 25.7 Å². The second-order valence-electron chi connectivity index (χ2n) is 9.38. The van der Waals surface area contributed by atoms with Gasteiger partial charge in [-0.2, -0.15) is 0 Å². The molecule has 2 aromatic rings. The molecule has 2 rings (SSSR count). The van der Waals surface area contributed by atoms with Crippen molar-refractivity contribution in [3.05, 3.63) is 75.3 Å². The maximum absolute atomic E-state index is 13.4. The van der Waals surface area contributed by atoms with Crippen LogP contribution in [0.3, 0.4) is 0 Å². The van der Waals surface area contributed by atoms with Gasteiger partial charge >= 0.3 is 17.9 Å². The first-order valence-electron chi connectivity index (χ1n) is 14.2. The van der Waals surface area contributed by atoms with Crippen LogP contribution in [-0.2, 0) is 23.9 Å². The highest BCUT2D eigenvalue weighted by Crippen LogP contribution is 2.32. The van der Waals surface area contributed by atoms with Crippen molar-refractivity contribution in [2.24, 2.45) is 0 Å². The monoisotopic (exact) mass is 600 g/mol. The van der Waals surface area contributed by atoms with Crippen molar-refractivity contribution in [1.82, 2.24) is 4.90 Å². The molecular formula is C31H40N2O10. The molecule has 0 aromatic heterocycles. The number of hydrogen-bond donors (Lipinski definition) is 0. The second-order valence-corrected chi connectivity index (χ2v) is 9.38. The summed E-state index contributed by atoms with van der Waals surface area (Å²) in [5.74, 6) is -1.21. The highest BCUT2D eigenvalue weighted by Gasteiger charge is 2.24. The van der Waals surface area contributed by atoms with Crippen molar-refractivity contribution in [3.63, 3.8) is 0 Å². The van der Waals surface area contributed by atoms with Gasteiger partial charge in [-0.15, -0.1) is 10.1 Å². The van der Waals surface area contributed by atoms with E-state index in [4.69, 9.17) is 18.9 Å². The van der Waals surface area contributed by atoms with Crippen molar-refractivity contribution in [2.75, 3.05) is 40.0 Å². The van der Waals surface area contributed by atoms with E-state index in [1.54, 1.807) is 36.4 Å². The zero-order valence-electron chi connectivity index (χ0n) is 25.1. The highest BCUT2D eigenvalue weighted by atomic mass is 16.9. The van der Waals surface area contributed by atoms with E-state index >= 15 is 0 Å². The number of carbonyl (C=O) groups excluding carboxylic acids is 3. The molecule has 2 aromatic carbocycles. The Morgan fingerprint density at radius 3 is 2.42 bits per heavy atom. The summed E-state index contributed by atoms with van der Waals surface area (Å²) in [6, 6.07) is 11.7. The van der Waals surface area contributed by atoms with E-state index in [9.17, 15) is 24.5 Å². The lowest BCUT2D eigenvalue weighted by molar-refractivity contribution is -0.757. The first-order valence-corrected chi connectivity index (χ1v) is 14.2. The molecular weight excluding hydrogens is 560 g/mol. The first kappa shape index (κ1) is 34.7. The summed E-state index contributed by atoms with van der Waals surface area (Å²) in [5, 5.41) is 9.22. The molecule has 12 heteroatoms. The summed E-state index contributed by atoms with van der Waals surface area (Å²) in [4.78, 5) is 54.3. The van der Waals surface area contributed by atoms with Gasteiger partial charge in [0.05, 0.1) is 32.4 Å². The predicted octanol–water partition coefficient (Wildman–Crippen LogP) is 5.19. The van der Waals surface area contributed by atoms with Crippen LogP contribution in [-0.4, -0.2) is 67.9 Å². The Balaban J connectivity index is 2.15. The van der Waals surface area contributed by atoms with E-state index in [1.165, 1.54) is 25.3 Å². The van der Waals surface area contributed by atoms with Crippen LogP contribution in [0.25, 0.3) is 6.08 Å². The zero-order chi connectivity index (χ0) is 31.6. The molecule has 1 atom stereocenters. The van der Waals surface area contributed by atoms with E-state index < -0.39 is 23.1 Å². The van der Waals surface area contributed by atoms with Crippen LogP contribution in [0.1, 0.15) is 74.0 Å². The molecule has 0 radical (unpaired) electrons. The minimum Gasteiger partial charge on any atom is -0.493 e. The maximum atomic E-state index is 13.4. The van der Waals surface area contributed by atoms with Gasteiger partial charge in [0.2, 0.25) is 0 Å². The van der Waals surface area contributed by atoms with Crippen LogP contribution in [0.5, 0.6) is 11.5 Å². The summed E-state index contributed by atoms with van der Waals surface area (Å²) < 4.78 is 22.0. The average molecular weight is 601 g/mol. The van der Waals surface area contributed by atoms with Gasteiger partial charge in [-0.1, -0.05) is 51.5 Å². The summed E-state index contributed by atoms with van der Waals surface area (Å²) in [5.41, 5.74) is 1.41. The number of methoxy groups -OCH3 is 1. The molecule has 234 valence electrons. The lowest BCUT2D eigenvalue weighted by Gasteiger charge is -2.23. The summed E-state index contributed by atoms with van der Waals surface area (Å²) >= 11 is 0. The number of carbonyl (C=O) groups is 3. The van der Waals surface area contributed by atoms with E-state index in [0.717, 1.165) is 25.9 Å². The van der Waals surface area contributed by atoms with Crippen LogP contribution in [0.4, 0.5) is 0 Å². The van der Waals surface area contributed by atoms with E-state index in [0.29, 0.717) is 17.5 Å². The minimum atomic E-state index is -0.911. The van der Waals surface area contributed by atoms with Gasteiger partial charge in [-0.3, -0.25) is 9.69 Å². The fraction of sp³-hybridized carbons (Fsp3) is 0.452. The predicted molar refractivity (Wildman–Crippen MR) is 158 cm³/mol. The fourth-order valence-corrected chi connectivity index (χ4v) is 4.07. The average Bonchev–Trinajstić information content (AvgIpc) is 3.00. The SMILES string of the molecule is CCCC[C@@H](OC(=O)CN(CC)CC)c1ccccc1C(=O)Oc1ccc(/C=C/C(=O)OCCCO[N+](=O)[O-])cc1OC. The number of nitrogens with zero attached hydrogens (tertiary/aromatic N) is 2. The largest absolute Gasteiger partial charge is 0.493 e. The molecule has 0 N–H and O–H groups in total. The smallest absolute Gasteiger partial charge is 0.344 e. The van der Waals surface area contributed by atoms with Crippen molar-refractivity contribution in [2.45, 2.75) is 52.6 Å². The third-order valence-electron chi connectivity index (χ3n) is 6.40. The molecule has 0 amide bonds.